The molecule has 2 N–H and O–H groups in total. The van der Waals surface area contributed by atoms with Gasteiger partial charge in [-0.15, -0.1) is 0 Å². The zero-order valence-electron chi connectivity index (χ0n) is 10.8. The molecule has 0 saturated heterocycles. The molecule has 0 aliphatic heterocycles. The number of carbonyl (C=O) groups is 1. The number of rotatable bonds is 5. The maximum atomic E-state index is 11.3. The van der Waals surface area contributed by atoms with E-state index in [-0.39, 0.29) is 11.5 Å². The predicted octanol–water partition coefficient (Wildman–Crippen LogP) is 2.67. The molecule has 0 radical (unpaired) electrons. The van der Waals surface area contributed by atoms with E-state index < -0.39 is 0 Å². The number of benzene rings is 1. The Morgan fingerprint density at radius 1 is 1.29 bits per heavy atom. The summed E-state index contributed by atoms with van der Waals surface area (Å²) < 4.78 is 5.17. The molecule has 0 bridgehead atoms. The fourth-order valence-electron chi connectivity index (χ4n) is 1.59. The fourth-order valence-corrected chi connectivity index (χ4v) is 1.59. The summed E-state index contributed by atoms with van der Waals surface area (Å²) in [4.78, 5) is 11.3. The first-order valence-electron chi connectivity index (χ1n) is 5.99. The van der Waals surface area contributed by atoms with Gasteiger partial charge in [0.25, 0.3) is 0 Å². The van der Waals surface area contributed by atoms with Crippen LogP contribution in [0, 0.1) is 0 Å². The molecule has 0 amide bonds. The Kier molecular flexibility index (Phi) is 4.70. The van der Waals surface area contributed by atoms with Crippen molar-refractivity contribution in [2.45, 2.75) is 45.6 Å². The smallest absolute Gasteiger partial charge is 0.311 e. The largest absolute Gasteiger partial charge is 0.427 e. The van der Waals surface area contributed by atoms with E-state index in [2.05, 4.69) is 0 Å². The van der Waals surface area contributed by atoms with Gasteiger partial charge in [0.2, 0.25) is 0 Å². The zero-order chi connectivity index (χ0) is 12.9. The lowest BCUT2D eigenvalue weighted by molar-refractivity contribution is -0.134. The van der Waals surface area contributed by atoms with Gasteiger partial charge in [0.15, 0.2) is 0 Å². The lowest BCUT2D eigenvalue weighted by Gasteiger charge is -2.18. The van der Waals surface area contributed by atoms with Crippen LogP contribution in [0.25, 0.3) is 0 Å². The van der Waals surface area contributed by atoms with Gasteiger partial charge in [-0.3, -0.25) is 4.79 Å². The van der Waals surface area contributed by atoms with Crippen LogP contribution in [0.1, 0.15) is 39.2 Å². The molecule has 0 saturated carbocycles. The average Bonchev–Trinajstić information content (AvgIpc) is 2.19. The highest BCUT2D eigenvalue weighted by molar-refractivity contribution is 5.72. The van der Waals surface area contributed by atoms with Crippen molar-refractivity contribution >= 4 is 5.97 Å². The van der Waals surface area contributed by atoms with E-state index in [1.165, 1.54) is 0 Å². The van der Waals surface area contributed by atoms with Crippen molar-refractivity contribution in [1.82, 2.24) is 0 Å². The summed E-state index contributed by atoms with van der Waals surface area (Å²) in [6.45, 7) is 5.93. The molecule has 94 valence electrons. The van der Waals surface area contributed by atoms with Crippen LogP contribution in [0.3, 0.4) is 0 Å². The number of ether oxygens (including phenoxy) is 1. The molecule has 0 atom stereocenters. The zero-order valence-corrected chi connectivity index (χ0v) is 10.8. The van der Waals surface area contributed by atoms with E-state index in [1.807, 2.05) is 45.0 Å². The number of hydrogen-bond donors (Lipinski definition) is 1. The number of nitrogens with two attached hydrogens (primary N) is 1. The van der Waals surface area contributed by atoms with Crippen LogP contribution < -0.4 is 10.5 Å². The van der Waals surface area contributed by atoms with Gasteiger partial charge in [-0.2, -0.15) is 0 Å². The molecule has 0 spiro atoms. The number of carbonyl (C=O) groups excluding carboxylic acids is 1. The van der Waals surface area contributed by atoms with Gasteiger partial charge in [0.05, 0.1) is 0 Å². The quantitative estimate of drug-likeness (QED) is 0.630. The third-order valence-corrected chi connectivity index (χ3v) is 2.27. The molecule has 0 heterocycles. The minimum absolute atomic E-state index is 0.181. The third kappa shape index (κ3) is 5.50. The first-order chi connectivity index (χ1) is 7.90. The second kappa shape index (κ2) is 5.82. The van der Waals surface area contributed by atoms with Gasteiger partial charge in [0.1, 0.15) is 5.75 Å². The summed E-state index contributed by atoms with van der Waals surface area (Å²) >= 11 is 0. The molecule has 3 nitrogen and oxygen atoms in total. The minimum atomic E-state index is -0.222. The monoisotopic (exact) mass is 235 g/mol. The summed E-state index contributed by atoms with van der Waals surface area (Å²) in [5.74, 6) is 0.418. The lowest BCUT2D eigenvalue weighted by Crippen LogP contribution is -2.34. The Labute approximate surface area is 103 Å². The third-order valence-electron chi connectivity index (χ3n) is 2.27. The Morgan fingerprint density at radius 2 is 1.88 bits per heavy atom. The highest BCUT2D eigenvalue weighted by Crippen LogP contribution is 2.16. The van der Waals surface area contributed by atoms with Crippen molar-refractivity contribution in [1.29, 1.82) is 0 Å². The molecular weight excluding hydrogens is 214 g/mol. The SMILES string of the molecule is CCCC(=O)Oc1ccc(CC(C)(C)N)cc1. The molecule has 17 heavy (non-hydrogen) atoms. The summed E-state index contributed by atoms with van der Waals surface area (Å²) in [6.07, 6.45) is 2.06. The van der Waals surface area contributed by atoms with Crippen molar-refractivity contribution in [2.24, 2.45) is 5.73 Å². The second-order valence-corrected chi connectivity index (χ2v) is 5.03. The molecule has 0 aliphatic carbocycles. The van der Waals surface area contributed by atoms with Crippen molar-refractivity contribution in [3.05, 3.63) is 29.8 Å². The molecule has 1 rings (SSSR count). The van der Waals surface area contributed by atoms with Gasteiger partial charge in [-0.1, -0.05) is 19.1 Å². The first-order valence-corrected chi connectivity index (χ1v) is 5.99. The van der Waals surface area contributed by atoms with E-state index in [4.69, 9.17) is 10.5 Å². The minimum Gasteiger partial charge on any atom is -0.427 e. The molecule has 0 unspecified atom stereocenters. The standard InChI is InChI=1S/C14H21NO2/c1-4-5-13(16)17-12-8-6-11(7-9-12)10-14(2,3)15/h6-9H,4-5,10,15H2,1-3H3. The maximum absolute atomic E-state index is 11.3. The van der Waals surface area contributed by atoms with E-state index in [1.54, 1.807) is 0 Å². The topological polar surface area (TPSA) is 52.3 Å². The van der Waals surface area contributed by atoms with Crippen molar-refractivity contribution in [3.8, 4) is 5.75 Å². The van der Waals surface area contributed by atoms with E-state index in [9.17, 15) is 4.79 Å². The predicted molar refractivity (Wildman–Crippen MR) is 69.0 cm³/mol. The first kappa shape index (κ1) is 13.7. The van der Waals surface area contributed by atoms with Gasteiger partial charge < -0.3 is 10.5 Å². The van der Waals surface area contributed by atoms with Crippen molar-refractivity contribution < 1.29 is 9.53 Å². The van der Waals surface area contributed by atoms with Crippen molar-refractivity contribution in [3.63, 3.8) is 0 Å². The Balaban J connectivity index is 2.59. The van der Waals surface area contributed by atoms with Gasteiger partial charge in [0, 0.05) is 12.0 Å². The van der Waals surface area contributed by atoms with Crippen LogP contribution in [0.5, 0.6) is 5.75 Å². The fraction of sp³-hybridized carbons (Fsp3) is 0.500. The number of hydrogen-bond acceptors (Lipinski definition) is 3. The molecule has 0 aromatic heterocycles. The Morgan fingerprint density at radius 3 is 2.35 bits per heavy atom. The Bertz CT molecular complexity index is 363. The molecule has 0 aliphatic rings. The second-order valence-electron chi connectivity index (χ2n) is 5.03. The summed E-state index contributed by atoms with van der Waals surface area (Å²) in [5.41, 5.74) is 6.86. The van der Waals surface area contributed by atoms with E-state index in [0.717, 1.165) is 18.4 Å². The van der Waals surface area contributed by atoms with Crippen LogP contribution in [-0.4, -0.2) is 11.5 Å². The summed E-state index contributed by atoms with van der Waals surface area (Å²) in [5, 5.41) is 0. The van der Waals surface area contributed by atoms with Crippen LogP contribution in [-0.2, 0) is 11.2 Å². The highest BCUT2D eigenvalue weighted by atomic mass is 16.5. The maximum Gasteiger partial charge on any atom is 0.311 e. The van der Waals surface area contributed by atoms with Gasteiger partial charge >= 0.3 is 5.97 Å². The lowest BCUT2D eigenvalue weighted by atomic mass is 9.96. The Hall–Kier alpha value is -1.35. The van der Waals surface area contributed by atoms with E-state index >= 15 is 0 Å². The normalized spacial score (nSPS) is 11.3. The molecule has 0 fully saturated rings. The van der Waals surface area contributed by atoms with Crippen LogP contribution in [0.4, 0.5) is 0 Å². The average molecular weight is 235 g/mol. The van der Waals surface area contributed by atoms with Crippen LogP contribution >= 0.6 is 0 Å². The van der Waals surface area contributed by atoms with Crippen LogP contribution in [0.2, 0.25) is 0 Å². The summed E-state index contributed by atoms with van der Waals surface area (Å²) in [6, 6.07) is 7.52. The van der Waals surface area contributed by atoms with Gasteiger partial charge in [-0.25, -0.2) is 0 Å². The molecule has 3 heteroatoms. The van der Waals surface area contributed by atoms with Gasteiger partial charge in [-0.05, 0) is 44.4 Å². The highest BCUT2D eigenvalue weighted by Gasteiger charge is 2.11. The number of esters is 1. The van der Waals surface area contributed by atoms with Crippen LogP contribution in [0.15, 0.2) is 24.3 Å². The van der Waals surface area contributed by atoms with E-state index in [0.29, 0.717) is 12.2 Å². The summed E-state index contributed by atoms with van der Waals surface area (Å²) in [7, 11) is 0. The molecule has 1 aromatic carbocycles. The molecular formula is C14H21NO2. The van der Waals surface area contributed by atoms with Crippen molar-refractivity contribution in [2.75, 3.05) is 0 Å². The molecule has 1 aromatic rings.